The molecular formula is C20H18N4O2S. The highest BCUT2D eigenvalue weighted by molar-refractivity contribution is 8.00. The molecule has 0 aliphatic heterocycles. The molecule has 0 aliphatic carbocycles. The first kappa shape index (κ1) is 17.4. The molecule has 0 bridgehead atoms. The lowest BCUT2D eigenvalue weighted by atomic mass is 10.1. The Labute approximate surface area is 160 Å². The molecule has 1 amide bonds. The van der Waals surface area contributed by atoms with Crippen LogP contribution in [-0.2, 0) is 11.8 Å². The van der Waals surface area contributed by atoms with Gasteiger partial charge in [0.1, 0.15) is 0 Å². The molecule has 0 unspecified atom stereocenters. The molecule has 2 aromatic carbocycles. The van der Waals surface area contributed by atoms with Crippen molar-refractivity contribution in [2.75, 3.05) is 5.32 Å². The van der Waals surface area contributed by atoms with Crippen LogP contribution in [0.3, 0.4) is 0 Å². The number of nitrogens with zero attached hydrogens (tertiary/aromatic N) is 3. The SMILES string of the molecule is C[C@H](Sc1nnc(-c2ccco2)n1C)C(=O)Nc1ccc2ccccc2c1. The van der Waals surface area contributed by atoms with Crippen LogP contribution in [-0.4, -0.2) is 25.9 Å². The van der Waals surface area contributed by atoms with Gasteiger partial charge in [-0.25, -0.2) is 0 Å². The molecule has 4 rings (SSSR count). The maximum absolute atomic E-state index is 12.6. The molecule has 0 aliphatic rings. The number of fused-ring (bicyclic) bond motifs is 1. The summed E-state index contributed by atoms with van der Waals surface area (Å²) < 4.78 is 7.19. The second-order valence-corrected chi connectivity index (χ2v) is 7.46. The zero-order valence-corrected chi connectivity index (χ0v) is 15.7. The number of hydrogen-bond donors (Lipinski definition) is 1. The number of furan rings is 1. The number of hydrogen-bond acceptors (Lipinski definition) is 5. The quantitative estimate of drug-likeness (QED) is 0.523. The van der Waals surface area contributed by atoms with Crippen molar-refractivity contribution in [1.29, 1.82) is 0 Å². The van der Waals surface area contributed by atoms with E-state index in [4.69, 9.17) is 4.42 Å². The third kappa shape index (κ3) is 3.59. The Morgan fingerprint density at radius 2 is 1.93 bits per heavy atom. The molecule has 2 aromatic heterocycles. The van der Waals surface area contributed by atoms with Gasteiger partial charge in [-0.1, -0.05) is 42.1 Å². The summed E-state index contributed by atoms with van der Waals surface area (Å²) in [5.74, 6) is 1.19. The monoisotopic (exact) mass is 378 g/mol. The molecule has 1 atom stereocenters. The zero-order chi connectivity index (χ0) is 18.8. The molecular weight excluding hydrogens is 360 g/mol. The Hall–Kier alpha value is -3.06. The largest absolute Gasteiger partial charge is 0.461 e. The van der Waals surface area contributed by atoms with Crippen molar-refractivity contribution in [2.24, 2.45) is 7.05 Å². The average Bonchev–Trinajstić information content (AvgIpc) is 3.32. The van der Waals surface area contributed by atoms with Crippen LogP contribution in [0, 0.1) is 0 Å². The van der Waals surface area contributed by atoms with E-state index in [9.17, 15) is 4.79 Å². The van der Waals surface area contributed by atoms with Crippen molar-refractivity contribution in [1.82, 2.24) is 14.8 Å². The summed E-state index contributed by atoms with van der Waals surface area (Å²) in [5, 5.41) is 13.9. The van der Waals surface area contributed by atoms with E-state index in [1.165, 1.54) is 11.8 Å². The first-order valence-electron chi connectivity index (χ1n) is 8.51. The summed E-state index contributed by atoms with van der Waals surface area (Å²) >= 11 is 1.35. The van der Waals surface area contributed by atoms with Crippen LogP contribution in [0.25, 0.3) is 22.4 Å². The lowest BCUT2D eigenvalue weighted by Crippen LogP contribution is -2.22. The number of carbonyl (C=O) groups is 1. The second-order valence-electron chi connectivity index (χ2n) is 6.15. The van der Waals surface area contributed by atoms with Crippen molar-refractivity contribution in [3.63, 3.8) is 0 Å². The predicted octanol–water partition coefficient (Wildman–Crippen LogP) is 4.35. The fourth-order valence-electron chi connectivity index (χ4n) is 2.76. The number of amides is 1. The molecule has 136 valence electrons. The van der Waals surface area contributed by atoms with Crippen LogP contribution in [0.15, 0.2) is 70.4 Å². The van der Waals surface area contributed by atoms with E-state index in [0.717, 1.165) is 16.5 Å². The van der Waals surface area contributed by atoms with Gasteiger partial charge < -0.3 is 14.3 Å². The lowest BCUT2D eigenvalue weighted by Gasteiger charge is -2.12. The van der Waals surface area contributed by atoms with Gasteiger partial charge in [-0.2, -0.15) is 0 Å². The molecule has 6 nitrogen and oxygen atoms in total. The van der Waals surface area contributed by atoms with E-state index in [2.05, 4.69) is 15.5 Å². The normalized spacial score (nSPS) is 12.2. The standard InChI is InChI=1S/C20H18N4O2S/c1-13(27-20-23-22-18(24(20)2)17-8-5-11-26-17)19(25)21-16-10-9-14-6-3-4-7-15(14)12-16/h3-13H,1-2H3,(H,21,25)/t13-/m0/s1. The van der Waals surface area contributed by atoms with Crippen LogP contribution in [0.4, 0.5) is 5.69 Å². The van der Waals surface area contributed by atoms with Crippen molar-refractivity contribution in [3.8, 4) is 11.6 Å². The number of anilines is 1. The summed E-state index contributed by atoms with van der Waals surface area (Å²) in [6.45, 7) is 1.85. The third-order valence-electron chi connectivity index (χ3n) is 4.24. The van der Waals surface area contributed by atoms with Crippen LogP contribution < -0.4 is 5.32 Å². The number of thioether (sulfide) groups is 1. The Balaban J connectivity index is 1.46. The molecule has 0 radical (unpaired) electrons. The van der Waals surface area contributed by atoms with Crippen molar-refractivity contribution in [3.05, 3.63) is 60.9 Å². The van der Waals surface area contributed by atoms with Gasteiger partial charge >= 0.3 is 0 Å². The Morgan fingerprint density at radius 3 is 2.70 bits per heavy atom. The predicted molar refractivity (Wildman–Crippen MR) is 107 cm³/mol. The molecule has 2 heterocycles. The van der Waals surface area contributed by atoms with Crippen molar-refractivity contribution < 1.29 is 9.21 Å². The number of rotatable bonds is 5. The molecule has 0 fully saturated rings. The van der Waals surface area contributed by atoms with Crippen LogP contribution in [0.5, 0.6) is 0 Å². The van der Waals surface area contributed by atoms with E-state index < -0.39 is 0 Å². The Bertz CT molecular complexity index is 1090. The van der Waals surface area contributed by atoms with Crippen molar-refractivity contribution in [2.45, 2.75) is 17.3 Å². The van der Waals surface area contributed by atoms with Gasteiger partial charge in [0.15, 0.2) is 16.7 Å². The fourth-order valence-corrected chi connectivity index (χ4v) is 3.58. The molecule has 7 heteroatoms. The van der Waals surface area contributed by atoms with Crippen LogP contribution >= 0.6 is 11.8 Å². The molecule has 1 N–H and O–H groups in total. The summed E-state index contributed by atoms with van der Waals surface area (Å²) in [7, 11) is 1.86. The fraction of sp³-hybridized carbons (Fsp3) is 0.150. The Morgan fingerprint density at radius 1 is 1.11 bits per heavy atom. The molecule has 4 aromatic rings. The van der Waals surface area contributed by atoms with Crippen molar-refractivity contribution >= 4 is 34.1 Å². The average molecular weight is 378 g/mol. The maximum Gasteiger partial charge on any atom is 0.237 e. The maximum atomic E-state index is 12.6. The highest BCUT2D eigenvalue weighted by Gasteiger charge is 2.20. The molecule has 0 saturated carbocycles. The number of nitrogens with one attached hydrogen (secondary N) is 1. The summed E-state index contributed by atoms with van der Waals surface area (Å²) in [6.07, 6.45) is 1.59. The first-order chi connectivity index (χ1) is 13.1. The van der Waals surface area contributed by atoms with Crippen LogP contribution in [0.1, 0.15) is 6.92 Å². The molecule has 27 heavy (non-hydrogen) atoms. The highest BCUT2D eigenvalue weighted by Crippen LogP contribution is 2.27. The van der Waals surface area contributed by atoms with Gasteiger partial charge in [0.25, 0.3) is 0 Å². The van der Waals surface area contributed by atoms with Crippen LogP contribution in [0.2, 0.25) is 0 Å². The molecule has 0 saturated heterocycles. The highest BCUT2D eigenvalue weighted by atomic mass is 32.2. The minimum Gasteiger partial charge on any atom is -0.461 e. The van der Waals surface area contributed by atoms with E-state index >= 15 is 0 Å². The van der Waals surface area contributed by atoms with Gasteiger partial charge in [0.05, 0.1) is 11.5 Å². The van der Waals surface area contributed by atoms with Gasteiger partial charge in [-0.3, -0.25) is 4.79 Å². The van der Waals surface area contributed by atoms with E-state index in [-0.39, 0.29) is 11.2 Å². The number of benzene rings is 2. The van der Waals surface area contributed by atoms with Gasteiger partial charge in [-0.15, -0.1) is 10.2 Å². The topological polar surface area (TPSA) is 73.0 Å². The van der Waals surface area contributed by atoms with Gasteiger partial charge in [0, 0.05) is 12.7 Å². The van der Waals surface area contributed by atoms with Gasteiger partial charge in [0.2, 0.25) is 5.91 Å². The summed E-state index contributed by atoms with van der Waals surface area (Å²) in [5.41, 5.74) is 0.778. The smallest absolute Gasteiger partial charge is 0.237 e. The number of carbonyl (C=O) groups excluding carboxylic acids is 1. The molecule has 0 spiro atoms. The Kier molecular flexibility index (Phi) is 4.68. The number of aromatic nitrogens is 3. The minimum atomic E-state index is -0.330. The minimum absolute atomic E-state index is 0.0853. The van der Waals surface area contributed by atoms with Gasteiger partial charge in [-0.05, 0) is 42.0 Å². The zero-order valence-electron chi connectivity index (χ0n) is 14.9. The summed E-state index contributed by atoms with van der Waals surface area (Å²) in [4.78, 5) is 12.6. The second kappa shape index (κ2) is 7.28. The first-order valence-corrected chi connectivity index (χ1v) is 9.39. The lowest BCUT2D eigenvalue weighted by molar-refractivity contribution is -0.115. The van der Waals surface area contributed by atoms with E-state index in [1.54, 1.807) is 12.3 Å². The van der Waals surface area contributed by atoms with E-state index in [1.807, 2.05) is 67.1 Å². The van der Waals surface area contributed by atoms with E-state index in [0.29, 0.717) is 16.7 Å². The summed E-state index contributed by atoms with van der Waals surface area (Å²) in [6, 6.07) is 17.6. The third-order valence-corrected chi connectivity index (χ3v) is 5.38.